The van der Waals surface area contributed by atoms with E-state index in [0.29, 0.717) is 22.5 Å². The molecule has 0 aliphatic carbocycles. The molecule has 2 aromatic carbocycles. The molecule has 1 N–H and O–H groups in total. The van der Waals surface area contributed by atoms with E-state index >= 15 is 0 Å². The number of aliphatic carboxylic acids is 1. The van der Waals surface area contributed by atoms with E-state index in [-0.39, 0.29) is 28.0 Å². The largest absolute Gasteiger partial charge is 0.548 e. The standard InChI is InChI=1S/C24H19N3O7S2/c1-2-34-23(33)13-7-9-14(10-8-13)25-17(28)11-26-16-6-4-3-5-15(16)19(21(26)31)20-22(32)27(12-18(29)30)24(35)36-20/h3-10H,2,11-12H2,1H3,(H,25,28)(H,29,30)/p-1/b20-19+. The summed E-state index contributed by atoms with van der Waals surface area (Å²) in [6.45, 7) is 0.868. The molecule has 184 valence electrons. The molecule has 0 atom stereocenters. The van der Waals surface area contributed by atoms with Crippen molar-refractivity contribution < 1.29 is 33.8 Å². The molecule has 10 nitrogen and oxygen atoms in total. The second-order valence-corrected chi connectivity index (χ2v) is 9.23. The van der Waals surface area contributed by atoms with E-state index < -0.39 is 36.2 Å². The first-order chi connectivity index (χ1) is 17.2. The fourth-order valence-corrected chi connectivity index (χ4v) is 5.05. The van der Waals surface area contributed by atoms with Crippen molar-refractivity contribution in [3.05, 3.63) is 64.6 Å². The van der Waals surface area contributed by atoms with Crippen molar-refractivity contribution in [2.45, 2.75) is 6.92 Å². The van der Waals surface area contributed by atoms with Crippen molar-refractivity contribution in [2.75, 3.05) is 29.9 Å². The number of thioether (sulfide) groups is 1. The number of fused-ring (bicyclic) bond motifs is 1. The van der Waals surface area contributed by atoms with Crippen LogP contribution in [-0.4, -0.2) is 58.6 Å². The highest BCUT2D eigenvalue weighted by Crippen LogP contribution is 2.44. The predicted molar refractivity (Wildman–Crippen MR) is 134 cm³/mol. The maximum Gasteiger partial charge on any atom is 0.338 e. The van der Waals surface area contributed by atoms with Gasteiger partial charge in [-0.25, -0.2) is 4.79 Å². The number of ether oxygens (including phenoxy) is 1. The molecule has 4 rings (SSSR count). The molecule has 2 heterocycles. The van der Waals surface area contributed by atoms with E-state index in [1.54, 1.807) is 31.2 Å². The third-order valence-electron chi connectivity index (χ3n) is 5.27. The van der Waals surface area contributed by atoms with Gasteiger partial charge in [0.1, 0.15) is 10.9 Å². The number of anilines is 2. The number of rotatable bonds is 7. The highest BCUT2D eigenvalue weighted by molar-refractivity contribution is 8.26. The Balaban J connectivity index is 1.56. The van der Waals surface area contributed by atoms with Crippen molar-refractivity contribution >= 4 is 74.9 Å². The predicted octanol–water partition coefficient (Wildman–Crippen LogP) is 1.17. The molecule has 0 spiro atoms. The highest BCUT2D eigenvalue weighted by atomic mass is 32.2. The molecule has 1 fully saturated rings. The fourth-order valence-electron chi connectivity index (χ4n) is 3.72. The van der Waals surface area contributed by atoms with Crippen molar-refractivity contribution in [1.29, 1.82) is 0 Å². The van der Waals surface area contributed by atoms with Gasteiger partial charge in [-0.2, -0.15) is 0 Å². The van der Waals surface area contributed by atoms with Crippen LogP contribution in [0.5, 0.6) is 0 Å². The molecule has 0 bridgehead atoms. The number of benzene rings is 2. The van der Waals surface area contributed by atoms with E-state index in [2.05, 4.69) is 5.32 Å². The summed E-state index contributed by atoms with van der Waals surface area (Å²) in [5, 5.41) is 13.7. The molecule has 0 saturated carbocycles. The maximum atomic E-state index is 13.4. The average Bonchev–Trinajstić information content (AvgIpc) is 3.26. The lowest BCUT2D eigenvalue weighted by molar-refractivity contribution is -0.305. The van der Waals surface area contributed by atoms with Crippen LogP contribution in [0.25, 0.3) is 5.57 Å². The third-order valence-corrected chi connectivity index (χ3v) is 6.72. The van der Waals surface area contributed by atoms with Crippen LogP contribution in [-0.2, 0) is 23.9 Å². The molecular weight excluding hydrogens is 506 g/mol. The van der Waals surface area contributed by atoms with Gasteiger partial charge in [0.15, 0.2) is 0 Å². The van der Waals surface area contributed by atoms with Crippen LogP contribution in [0.4, 0.5) is 11.4 Å². The van der Waals surface area contributed by atoms with Crippen LogP contribution in [0.3, 0.4) is 0 Å². The number of nitrogens with one attached hydrogen (secondary N) is 1. The molecule has 3 amide bonds. The number of thiocarbonyl (C=S) groups is 1. The zero-order valence-corrected chi connectivity index (χ0v) is 20.4. The fraction of sp³-hybridized carbons (Fsp3) is 0.167. The lowest BCUT2D eigenvalue weighted by Gasteiger charge is -2.17. The topological polar surface area (TPSA) is 136 Å². The van der Waals surface area contributed by atoms with E-state index in [0.717, 1.165) is 16.7 Å². The summed E-state index contributed by atoms with van der Waals surface area (Å²) < 4.78 is 4.93. The lowest BCUT2D eigenvalue weighted by Crippen LogP contribution is -2.40. The van der Waals surface area contributed by atoms with Gasteiger partial charge in [-0.3, -0.25) is 24.2 Å². The number of carboxylic acids is 1. The van der Waals surface area contributed by atoms with Gasteiger partial charge in [0, 0.05) is 11.3 Å². The first-order valence-electron chi connectivity index (χ1n) is 10.7. The van der Waals surface area contributed by atoms with Crippen molar-refractivity contribution in [3.8, 4) is 0 Å². The first-order valence-corrected chi connectivity index (χ1v) is 11.9. The summed E-state index contributed by atoms with van der Waals surface area (Å²) in [6, 6.07) is 12.8. The zero-order valence-electron chi connectivity index (χ0n) is 18.8. The van der Waals surface area contributed by atoms with Crippen molar-refractivity contribution in [2.24, 2.45) is 0 Å². The molecule has 36 heavy (non-hydrogen) atoms. The number of carbonyl (C=O) groups is 5. The monoisotopic (exact) mass is 524 g/mol. The normalized spacial score (nSPS) is 16.9. The lowest BCUT2D eigenvalue weighted by atomic mass is 10.1. The molecule has 2 aliphatic rings. The Bertz CT molecular complexity index is 1340. The Morgan fingerprint density at radius 3 is 2.36 bits per heavy atom. The molecule has 0 unspecified atom stereocenters. The van der Waals surface area contributed by atoms with Crippen LogP contribution in [0, 0.1) is 0 Å². The zero-order chi connectivity index (χ0) is 26.0. The average molecular weight is 525 g/mol. The smallest absolute Gasteiger partial charge is 0.338 e. The molecule has 2 aromatic rings. The summed E-state index contributed by atoms with van der Waals surface area (Å²) in [5.74, 6) is -3.76. The Morgan fingerprint density at radius 2 is 1.69 bits per heavy atom. The Labute approximate surface area is 214 Å². The van der Waals surface area contributed by atoms with Gasteiger partial charge in [-0.1, -0.05) is 42.2 Å². The van der Waals surface area contributed by atoms with E-state index in [1.165, 1.54) is 29.2 Å². The molecule has 0 radical (unpaired) electrons. The maximum absolute atomic E-state index is 13.4. The van der Waals surface area contributed by atoms with Crippen LogP contribution >= 0.6 is 24.0 Å². The molecule has 12 heteroatoms. The van der Waals surface area contributed by atoms with Gasteiger partial charge < -0.3 is 20.0 Å². The van der Waals surface area contributed by atoms with E-state index in [9.17, 15) is 29.1 Å². The molecule has 0 aromatic heterocycles. The number of hydrogen-bond donors (Lipinski definition) is 1. The van der Waals surface area contributed by atoms with Crippen LogP contribution < -0.4 is 15.3 Å². The summed E-state index contributed by atoms with van der Waals surface area (Å²) in [6.07, 6.45) is 0. The van der Waals surface area contributed by atoms with Gasteiger partial charge in [0.05, 0.1) is 40.9 Å². The van der Waals surface area contributed by atoms with Gasteiger partial charge >= 0.3 is 5.97 Å². The number of amides is 3. The number of carboxylic acid groups (broad SMARTS) is 1. The minimum atomic E-state index is -1.48. The summed E-state index contributed by atoms with van der Waals surface area (Å²) >= 11 is 5.95. The Kier molecular flexibility index (Phi) is 7.17. The first kappa shape index (κ1) is 25.1. The second-order valence-electron chi connectivity index (χ2n) is 7.59. The molecule has 2 aliphatic heterocycles. The van der Waals surface area contributed by atoms with Crippen LogP contribution in [0.1, 0.15) is 22.8 Å². The van der Waals surface area contributed by atoms with E-state index in [4.69, 9.17) is 17.0 Å². The molecular formula is C24H18N3O7S2-. The quantitative estimate of drug-likeness (QED) is 0.322. The Morgan fingerprint density at radius 1 is 1.00 bits per heavy atom. The summed E-state index contributed by atoms with van der Waals surface area (Å²) in [7, 11) is 0. The van der Waals surface area contributed by atoms with Gasteiger partial charge in [0.25, 0.3) is 11.8 Å². The second kappa shape index (κ2) is 10.3. The van der Waals surface area contributed by atoms with E-state index in [1.807, 2.05) is 0 Å². The highest BCUT2D eigenvalue weighted by Gasteiger charge is 2.42. The Hall–Kier alpha value is -4.03. The van der Waals surface area contributed by atoms with Gasteiger partial charge in [0.2, 0.25) is 5.91 Å². The minimum absolute atomic E-state index is 0.000519. The number of para-hydroxylation sites is 1. The third kappa shape index (κ3) is 4.86. The van der Waals surface area contributed by atoms with Crippen LogP contribution in [0.2, 0.25) is 0 Å². The summed E-state index contributed by atoms with van der Waals surface area (Å²) in [4.78, 5) is 63.9. The SMILES string of the molecule is CCOC(=O)c1ccc(NC(=O)CN2C(=O)/C(=C3/SC(=S)N(CC(=O)[O-])C3=O)c3ccccc32)cc1. The van der Waals surface area contributed by atoms with Crippen molar-refractivity contribution in [1.82, 2.24) is 4.90 Å². The van der Waals surface area contributed by atoms with Gasteiger partial charge in [-0.15, -0.1) is 0 Å². The minimum Gasteiger partial charge on any atom is -0.548 e. The van der Waals surface area contributed by atoms with Gasteiger partial charge in [-0.05, 0) is 37.3 Å². The van der Waals surface area contributed by atoms with Crippen LogP contribution in [0.15, 0.2) is 53.4 Å². The number of hydrogen-bond acceptors (Lipinski definition) is 9. The summed E-state index contributed by atoms with van der Waals surface area (Å²) in [5.41, 5.74) is 1.66. The number of esters is 1. The van der Waals surface area contributed by atoms with Crippen molar-refractivity contribution in [3.63, 3.8) is 0 Å². The number of carbonyl (C=O) groups excluding carboxylic acids is 5. The molecule has 1 saturated heterocycles. The number of nitrogens with zero attached hydrogens (tertiary/aromatic N) is 2.